The number of benzene rings is 1. The second-order valence-electron chi connectivity index (χ2n) is 5.81. The maximum absolute atomic E-state index is 6.45. The Hall–Kier alpha value is -1.67. The van der Waals surface area contributed by atoms with Crippen LogP contribution in [0.4, 0.5) is 0 Å². The monoisotopic (exact) mass is 301 g/mol. The number of fused-ring (bicyclic) bond motifs is 3. The van der Waals surface area contributed by atoms with Crippen molar-refractivity contribution >= 4 is 12.4 Å². The Morgan fingerprint density at radius 2 is 2.14 bits per heavy atom. The lowest BCUT2D eigenvalue weighted by Gasteiger charge is -2.42. The zero-order valence-corrected chi connectivity index (χ0v) is 13.0. The molecule has 1 unspecified atom stereocenters. The Kier molecular flexibility index (Phi) is 3.58. The molecule has 21 heavy (non-hydrogen) atoms. The average Bonchev–Trinajstić information content (AvgIpc) is 2.85. The lowest BCUT2D eigenvalue weighted by Crippen LogP contribution is -2.50. The summed E-state index contributed by atoms with van der Waals surface area (Å²) in [6.07, 6.45) is 11.0. The highest BCUT2D eigenvalue weighted by atomic mass is 35.5. The molecule has 3 aliphatic rings. The van der Waals surface area contributed by atoms with E-state index in [4.69, 9.17) is 4.74 Å². The van der Waals surface area contributed by atoms with Crippen molar-refractivity contribution in [1.29, 1.82) is 0 Å². The lowest BCUT2D eigenvalue weighted by molar-refractivity contribution is 0.0919. The lowest BCUT2D eigenvalue weighted by atomic mass is 9.79. The van der Waals surface area contributed by atoms with Gasteiger partial charge in [0, 0.05) is 24.7 Å². The van der Waals surface area contributed by atoms with Crippen LogP contribution in [0, 0.1) is 0 Å². The number of ether oxygens (including phenoxy) is 1. The molecule has 0 aromatic heterocycles. The van der Waals surface area contributed by atoms with Crippen molar-refractivity contribution in [3.05, 3.63) is 65.4 Å². The molecule has 0 saturated carbocycles. The predicted molar refractivity (Wildman–Crippen MR) is 87.9 cm³/mol. The van der Waals surface area contributed by atoms with Gasteiger partial charge in [0.1, 0.15) is 5.75 Å². The summed E-state index contributed by atoms with van der Waals surface area (Å²) in [5, 5.41) is 0. The van der Waals surface area contributed by atoms with E-state index in [9.17, 15) is 0 Å². The summed E-state index contributed by atoms with van der Waals surface area (Å²) in [4.78, 5) is 2.39. The Labute approximate surface area is 132 Å². The Bertz CT molecular complexity index is 619. The molecule has 0 fully saturated rings. The summed E-state index contributed by atoms with van der Waals surface area (Å²) >= 11 is 0. The summed E-state index contributed by atoms with van der Waals surface area (Å²) in [5.41, 5.74) is 3.93. The molecule has 3 heteroatoms. The molecule has 0 radical (unpaired) electrons. The number of hydrogen-bond donors (Lipinski definition) is 0. The molecule has 0 bridgehead atoms. The maximum Gasteiger partial charge on any atom is 0.156 e. The van der Waals surface area contributed by atoms with Crippen LogP contribution in [0.3, 0.4) is 0 Å². The number of allylic oxidation sites excluding steroid dienone is 3. The molecule has 2 aliphatic heterocycles. The molecular weight excluding hydrogens is 282 g/mol. The number of nitrogens with zero attached hydrogens (tertiary/aromatic N) is 1. The van der Waals surface area contributed by atoms with Crippen LogP contribution in [0.25, 0.3) is 0 Å². The molecule has 0 saturated heterocycles. The van der Waals surface area contributed by atoms with E-state index in [-0.39, 0.29) is 18.0 Å². The van der Waals surface area contributed by atoms with Crippen molar-refractivity contribution < 1.29 is 4.74 Å². The van der Waals surface area contributed by atoms with Gasteiger partial charge in [-0.25, -0.2) is 0 Å². The van der Waals surface area contributed by atoms with E-state index in [1.165, 1.54) is 16.7 Å². The van der Waals surface area contributed by atoms with Gasteiger partial charge in [0.15, 0.2) is 5.60 Å². The minimum atomic E-state index is -0.186. The highest BCUT2D eigenvalue weighted by molar-refractivity contribution is 5.85. The molecule has 1 aromatic carbocycles. The van der Waals surface area contributed by atoms with E-state index >= 15 is 0 Å². The average molecular weight is 302 g/mol. The quantitative estimate of drug-likeness (QED) is 0.780. The van der Waals surface area contributed by atoms with Crippen molar-refractivity contribution in [3.63, 3.8) is 0 Å². The zero-order valence-electron chi connectivity index (χ0n) is 12.2. The predicted octanol–water partition coefficient (Wildman–Crippen LogP) is 3.89. The highest BCUT2D eigenvalue weighted by Gasteiger charge is 2.46. The van der Waals surface area contributed by atoms with Crippen LogP contribution < -0.4 is 4.74 Å². The summed E-state index contributed by atoms with van der Waals surface area (Å²) in [6.45, 7) is 4.18. The number of likely N-dealkylation sites (N-methyl/N-ethyl adjacent to an activating group) is 1. The van der Waals surface area contributed by atoms with Gasteiger partial charge in [0.2, 0.25) is 0 Å². The first-order valence-electron chi connectivity index (χ1n) is 7.40. The van der Waals surface area contributed by atoms with Crippen LogP contribution in [-0.4, -0.2) is 23.6 Å². The first-order valence-corrected chi connectivity index (χ1v) is 7.40. The minimum Gasteiger partial charge on any atom is -0.480 e. The third-order valence-electron chi connectivity index (χ3n) is 4.53. The first kappa shape index (κ1) is 14.3. The fourth-order valence-electron chi connectivity index (χ4n) is 3.57. The third-order valence-corrected chi connectivity index (χ3v) is 4.53. The van der Waals surface area contributed by atoms with Crippen LogP contribution in [-0.2, 0) is 6.42 Å². The van der Waals surface area contributed by atoms with Crippen molar-refractivity contribution in [3.8, 4) is 5.75 Å². The van der Waals surface area contributed by atoms with Gasteiger partial charge in [-0.15, -0.1) is 12.4 Å². The van der Waals surface area contributed by atoms with Gasteiger partial charge >= 0.3 is 0 Å². The van der Waals surface area contributed by atoms with E-state index in [1.807, 2.05) is 0 Å². The molecule has 1 atom stereocenters. The molecule has 1 aromatic rings. The Morgan fingerprint density at radius 3 is 2.95 bits per heavy atom. The first-order chi connectivity index (χ1) is 9.81. The summed E-state index contributed by atoms with van der Waals surface area (Å²) in [7, 11) is 0. The Balaban J connectivity index is 0.00000132. The molecular formula is C18H20ClNO. The molecule has 110 valence electrons. The van der Waals surface area contributed by atoms with Crippen LogP contribution in [0.5, 0.6) is 5.75 Å². The largest absolute Gasteiger partial charge is 0.480 e. The van der Waals surface area contributed by atoms with Gasteiger partial charge in [-0.3, -0.25) is 0 Å². The van der Waals surface area contributed by atoms with Gasteiger partial charge in [-0.05, 0) is 30.5 Å². The van der Waals surface area contributed by atoms with E-state index in [0.717, 1.165) is 31.7 Å². The summed E-state index contributed by atoms with van der Waals surface area (Å²) in [5.74, 6) is 1.06. The van der Waals surface area contributed by atoms with Crippen molar-refractivity contribution in [2.24, 2.45) is 0 Å². The van der Waals surface area contributed by atoms with Gasteiger partial charge < -0.3 is 9.64 Å². The minimum absolute atomic E-state index is 0. The van der Waals surface area contributed by atoms with Gasteiger partial charge in [0.25, 0.3) is 0 Å². The van der Waals surface area contributed by atoms with E-state index in [2.05, 4.69) is 60.5 Å². The molecule has 4 rings (SSSR count). The number of rotatable bonds is 1. The van der Waals surface area contributed by atoms with Gasteiger partial charge in [-0.2, -0.15) is 0 Å². The summed E-state index contributed by atoms with van der Waals surface area (Å²) < 4.78 is 6.45. The fraction of sp³-hybridized carbons (Fsp3) is 0.333. The van der Waals surface area contributed by atoms with Gasteiger partial charge in [0.05, 0.1) is 6.54 Å². The SMILES string of the molecule is CCN1C=C2CC=CC=C2C2(Cc3ccccc3O2)C1.Cl. The van der Waals surface area contributed by atoms with Crippen LogP contribution in [0.1, 0.15) is 18.9 Å². The number of halogens is 1. The second-order valence-corrected chi connectivity index (χ2v) is 5.81. The molecule has 2 heterocycles. The van der Waals surface area contributed by atoms with E-state index in [0.29, 0.717) is 0 Å². The van der Waals surface area contributed by atoms with Crippen LogP contribution in [0.15, 0.2) is 59.8 Å². The molecule has 0 N–H and O–H groups in total. The third kappa shape index (κ3) is 2.18. The van der Waals surface area contributed by atoms with Crippen molar-refractivity contribution in [1.82, 2.24) is 4.90 Å². The highest BCUT2D eigenvalue weighted by Crippen LogP contribution is 2.45. The topological polar surface area (TPSA) is 12.5 Å². The zero-order chi connectivity index (χ0) is 13.6. The van der Waals surface area contributed by atoms with E-state index < -0.39 is 0 Å². The number of hydrogen-bond acceptors (Lipinski definition) is 2. The standard InChI is InChI=1S/C18H19NO.ClH/c1-2-19-12-15-8-3-5-9-16(15)18(13-19)11-14-7-4-6-10-17(14)20-18;/h3-7,9-10,12H,2,8,11,13H2,1H3;1H. The molecule has 2 nitrogen and oxygen atoms in total. The number of para-hydroxylation sites is 1. The van der Waals surface area contributed by atoms with Crippen LogP contribution >= 0.6 is 12.4 Å². The van der Waals surface area contributed by atoms with E-state index in [1.54, 1.807) is 0 Å². The Morgan fingerprint density at radius 1 is 1.29 bits per heavy atom. The molecule has 1 aliphatic carbocycles. The van der Waals surface area contributed by atoms with Crippen LogP contribution in [0.2, 0.25) is 0 Å². The van der Waals surface area contributed by atoms with Gasteiger partial charge in [-0.1, -0.05) is 36.4 Å². The summed E-state index contributed by atoms with van der Waals surface area (Å²) in [6, 6.07) is 8.45. The fourth-order valence-corrected chi connectivity index (χ4v) is 3.57. The van der Waals surface area contributed by atoms with Crippen molar-refractivity contribution in [2.45, 2.75) is 25.4 Å². The second kappa shape index (κ2) is 5.27. The normalized spacial score (nSPS) is 25.5. The molecule has 0 amide bonds. The van der Waals surface area contributed by atoms with Crippen molar-refractivity contribution in [2.75, 3.05) is 13.1 Å². The molecule has 1 spiro atoms. The maximum atomic E-state index is 6.45. The smallest absolute Gasteiger partial charge is 0.156 e.